The maximum Gasteiger partial charge on any atom is 0.342 e. The van der Waals surface area contributed by atoms with E-state index in [0.717, 1.165) is 6.07 Å². The average molecular weight is 315 g/mol. The summed E-state index contributed by atoms with van der Waals surface area (Å²) in [5, 5.41) is 9.66. The standard InChI is InChI=1S/C14H9Cl2FO3/c15-9-4-1-3-8(13(9)16)7-20-11-6-2-5-10(17)12(11)14(18)19/h1-6H,7H2,(H,18,19). The second kappa shape index (κ2) is 6.11. The van der Waals surface area contributed by atoms with Gasteiger partial charge in [0.25, 0.3) is 0 Å². The summed E-state index contributed by atoms with van der Waals surface area (Å²) >= 11 is 11.9. The van der Waals surface area contributed by atoms with Crippen molar-refractivity contribution in [1.29, 1.82) is 0 Å². The molecular weight excluding hydrogens is 306 g/mol. The lowest BCUT2D eigenvalue weighted by Gasteiger charge is -2.11. The van der Waals surface area contributed by atoms with E-state index in [1.165, 1.54) is 12.1 Å². The third-order valence-electron chi connectivity index (χ3n) is 2.60. The summed E-state index contributed by atoms with van der Waals surface area (Å²) in [4.78, 5) is 11.0. The van der Waals surface area contributed by atoms with Crippen LogP contribution in [-0.2, 0) is 6.61 Å². The first-order valence-electron chi connectivity index (χ1n) is 5.58. The Hall–Kier alpha value is -1.78. The Labute approximate surface area is 124 Å². The van der Waals surface area contributed by atoms with Gasteiger partial charge in [-0.1, -0.05) is 41.4 Å². The quantitative estimate of drug-likeness (QED) is 0.909. The highest BCUT2D eigenvalue weighted by Crippen LogP contribution is 2.28. The molecule has 0 bridgehead atoms. The van der Waals surface area contributed by atoms with Crippen molar-refractivity contribution in [2.75, 3.05) is 0 Å². The van der Waals surface area contributed by atoms with Crippen LogP contribution < -0.4 is 4.74 Å². The Morgan fingerprint density at radius 1 is 1.20 bits per heavy atom. The number of benzene rings is 2. The van der Waals surface area contributed by atoms with Gasteiger partial charge in [0, 0.05) is 5.56 Å². The van der Waals surface area contributed by atoms with Gasteiger partial charge in [0.15, 0.2) is 0 Å². The van der Waals surface area contributed by atoms with Crippen molar-refractivity contribution in [3.05, 3.63) is 63.4 Å². The predicted octanol–water partition coefficient (Wildman–Crippen LogP) is 4.41. The lowest BCUT2D eigenvalue weighted by Crippen LogP contribution is -2.06. The van der Waals surface area contributed by atoms with Gasteiger partial charge in [-0.2, -0.15) is 0 Å². The lowest BCUT2D eigenvalue weighted by molar-refractivity contribution is 0.0686. The first kappa shape index (κ1) is 14.6. The molecule has 1 N–H and O–H groups in total. The Morgan fingerprint density at radius 2 is 1.90 bits per heavy atom. The van der Waals surface area contributed by atoms with E-state index in [2.05, 4.69) is 0 Å². The predicted molar refractivity (Wildman–Crippen MR) is 74.2 cm³/mol. The molecule has 0 aromatic heterocycles. The molecule has 20 heavy (non-hydrogen) atoms. The number of carboxylic acids is 1. The smallest absolute Gasteiger partial charge is 0.342 e. The van der Waals surface area contributed by atoms with E-state index in [1.807, 2.05) is 0 Å². The highest BCUT2D eigenvalue weighted by atomic mass is 35.5. The van der Waals surface area contributed by atoms with Gasteiger partial charge in [-0.25, -0.2) is 9.18 Å². The van der Waals surface area contributed by atoms with Gasteiger partial charge < -0.3 is 9.84 Å². The number of aromatic carboxylic acids is 1. The zero-order valence-corrected chi connectivity index (χ0v) is 11.6. The number of hydrogen-bond acceptors (Lipinski definition) is 2. The number of rotatable bonds is 4. The van der Waals surface area contributed by atoms with Gasteiger partial charge in [-0.3, -0.25) is 0 Å². The van der Waals surface area contributed by atoms with Crippen LogP contribution in [-0.4, -0.2) is 11.1 Å². The molecule has 0 radical (unpaired) electrons. The van der Waals surface area contributed by atoms with Crippen LogP contribution in [0.15, 0.2) is 36.4 Å². The minimum Gasteiger partial charge on any atom is -0.488 e. The summed E-state index contributed by atoms with van der Waals surface area (Å²) in [7, 11) is 0. The van der Waals surface area contributed by atoms with Crippen molar-refractivity contribution >= 4 is 29.2 Å². The van der Waals surface area contributed by atoms with Gasteiger partial charge in [-0.15, -0.1) is 0 Å². The molecule has 0 saturated heterocycles. The largest absolute Gasteiger partial charge is 0.488 e. The first-order chi connectivity index (χ1) is 9.50. The van der Waals surface area contributed by atoms with E-state index in [-0.39, 0.29) is 12.4 Å². The van der Waals surface area contributed by atoms with Crippen molar-refractivity contribution in [1.82, 2.24) is 0 Å². The molecule has 3 nitrogen and oxygen atoms in total. The molecule has 0 amide bonds. The molecule has 0 aliphatic carbocycles. The highest BCUT2D eigenvalue weighted by Gasteiger charge is 2.17. The third-order valence-corrected chi connectivity index (χ3v) is 3.46. The summed E-state index contributed by atoms with van der Waals surface area (Å²) in [5.41, 5.74) is 0.0745. The van der Waals surface area contributed by atoms with Gasteiger partial charge in [0.2, 0.25) is 0 Å². The van der Waals surface area contributed by atoms with Crippen LogP contribution in [0.4, 0.5) is 4.39 Å². The summed E-state index contributed by atoms with van der Waals surface area (Å²) in [6.07, 6.45) is 0. The van der Waals surface area contributed by atoms with Gasteiger partial charge in [0.05, 0.1) is 10.0 Å². The van der Waals surface area contributed by atoms with Crippen LogP contribution in [0.5, 0.6) is 5.75 Å². The monoisotopic (exact) mass is 314 g/mol. The molecule has 2 aromatic rings. The zero-order chi connectivity index (χ0) is 14.7. The van der Waals surface area contributed by atoms with Gasteiger partial charge >= 0.3 is 5.97 Å². The molecular formula is C14H9Cl2FO3. The fraction of sp³-hybridized carbons (Fsp3) is 0.0714. The van der Waals surface area contributed by atoms with Crippen LogP contribution >= 0.6 is 23.2 Å². The van der Waals surface area contributed by atoms with Crippen LogP contribution in [0, 0.1) is 5.82 Å². The van der Waals surface area contributed by atoms with Crippen molar-refractivity contribution < 1.29 is 19.0 Å². The molecule has 0 spiro atoms. The Bertz CT molecular complexity index is 659. The van der Waals surface area contributed by atoms with Gasteiger partial charge in [0.1, 0.15) is 23.7 Å². The molecule has 104 valence electrons. The SMILES string of the molecule is O=C(O)c1c(F)cccc1OCc1cccc(Cl)c1Cl. The summed E-state index contributed by atoms with van der Waals surface area (Å²) in [6.45, 7) is -0.0108. The van der Waals surface area contributed by atoms with Crippen LogP contribution in [0.1, 0.15) is 15.9 Å². The molecule has 0 saturated carbocycles. The van der Waals surface area contributed by atoms with E-state index in [9.17, 15) is 9.18 Å². The number of carboxylic acid groups (broad SMARTS) is 1. The number of hydrogen-bond donors (Lipinski definition) is 1. The number of carbonyl (C=O) groups is 1. The van der Waals surface area contributed by atoms with Crippen molar-refractivity contribution in [2.45, 2.75) is 6.61 Å². The van der Waals surface area contributed by atoms with Crippen molar-refractivity contribution in [2.24, 2.45) is 0 Å². The second-order valence-electron chi connectivity index (χ2n) is 3.92. The Kier molecular flexibility index (Phi) is 4.47. The maximum atomic E-state index is 13.5. The van der Waals surface area contributed by atoms with E-state index < -0.39 is 17.3 Å². The lowest BCUT2D eigenvalue weighted by atomic mass is 10.2. The van der Waals surface area contributed by atoms with E-state index >= 15 is 0 Å². The third kappa shape index (κ3) is 3.03. The fourth-order valence-electron chi connectivity index (χ4n) is 1.65. The first-order valence-corrected chi connectivity index (χ1v) is 6.33. The molecule has 0 atom stereocenters. The van der Waals surface area contributed by atoms with Crippen molar-refractivity contribution in [3.8, 4) is 5.75 Å². The topological polar surface area (TPSA) is 46.5 Å². The number of ether oxygens (including phenoxy) is 1. The van der Waals surface area contributed by atoms with Gasteiger partial charge in [-0.05, 0) is 18.2 Å². The summed E-state index contributed by atoms with van der Waals surface area (Å²) in [5.74, 6) is -2.31. The molecule has 0 aliphatic rings. The van der Waals surface area contributed by atoms with Crippen LogP contribution in [0.3, 0.4) is 0 Å². The maximum absolute atomic E-state index is 13.5. The second-order valence-corrected chi connectivity index (χ2v) is 4.70. The average Bonchev–Trinajstić information content (AvgIpc) is 2.40. The Morgan fingerprint density at radius 3 is 2.60 bits per heavy atom. The molecule has 0 fully saturated rings. The Balaban J connectivity index is 2.26. The highest BCUT2D eigenvalue weighted by molar-refractivity contribution is 6.42. The summed E-state index contributed by atoms with van der Waals surface area (Å²) < 4.78 is 18.8. The zero-order valence-electron chi connectivity index (χ0n) is 10.1. The van der Waals surface area contributed by atoms with Crippen molar-refractivity contribution in [3.63, 3.8) is 0 Å². The van der Waals surface area contributed by atoms with E-state index in [0.29, 0.717) is 15.6 Å². The van der Waals surface area contributed by atoms with Crippen LogP contribution in [0.2, 0.25) is 10.0 Å². The summed E-state index contributed by atoms with van der Waals surface area (Å²) in [6, 6.07) is 8.81. The fourth-order valence-corrected chi connectivity index (χ4v) is 2.02. The minimum absolute atomic E-state index is 0.0108. The molecule has 2 rings (SSSR count). The molecule has 0 aliphatic heterocycles. The normalized spacial score (nSPS) is 10.3. The van der Waals surface area contributed by atoms with Crippen LogP contribution in [0.25, 0.3) is 0 Å². The molecule has 6 heteroatoms. The van der Waals surface area contributed by atoms with E-state index in [4.69, 9.17) is 33.0 Å². The molecule has 2 aromatic carbocycles. The minimum atomic E-state index is -1.39. The number of halogens is 3. The molecule has 0 heterocycles. The molecule has 0 unspecified atom stereocenters. The van der Waals surface area contributed by atoms with E-state index in [1.54, 1.807) is 18.2 Å².